The molecule has 0 amide bonds. The topological polar surface area (TPSA) is 37.6 Å². The largest absolute Gasteiger partial charge is 0.497 e. The highest BCUT2D eigenvalue weighted by atomic mass is 16.5. The van der Waals surface area contributed by atoms with Crippen LogP contribution in [0.4, 0.5) is 0 Å². The maximum atomic E-state index is 5.93. The van der Waals surface area contributed by atoms with Crippen LogP contribution in [0.3, 0.4) is 0 Å². The lowest BCUT2D eigenvalue weighted by molar-refractivity contribution is 0.224. The maximum absolute atomic E-state index is 5.93. The van der Waals surface area contributed by atoms with Gasteiger partial charge in [-0.3, -0.25) is 0 Å². The Labute approximate surface area is 107 Å². The monoisotopic (exact) mass is 246 g/mol. The molecule has 1 aromatic carbocycles. The first kappa shape index (κ1) is 11.6. The van der Waals surface area contributed by atoms with E-state index in [9.17, 15) is 0 Å². The Morgan fingerprint density at radius 3 is 3.06 bits per heavy atom. The van der Waals surface area contributed by atoms with Gasteiger partial charge in [0.15, 0.2) is 0 Å². The van der Waals surface area contributed by atoms with Gasteiger partial charge in [-0.05, 0) is 25.2 Å². The van der Waals surface area contributed by atoms with E-state index in [2.05, 4.69) is 23.3 Å². The smallest absolute Gasteiger partial charge is 0.138 e. The summed E-state index contributed by atoms with van der Waals surface area (Å²) < 4.78 is 11.1. The van der Waals surface area contributed by atoms with Crippen molar-refractivity contribution >= 4 is 11.0 Å². The highest BCUT2D eigenvalue weighted by Crippen LogP contribution is 2.28. The van der Waals surface area contributed by atoms with E-state index in [4.69, 9.17) is 9.15 Å². The molecule has 4 heteroatoms. The summed E-state index contributed by atoms with van der Waals surface area (Å²) >= 11 is 0. The van der Waals surface area contributed by atoms with E-state index in [0.29, 0.717) is 0 Å². The number of nitrogens with one attached hydrogen (secondary N) is 1. The fraction of sp³-hybridized carbons (Fsp3) is 0.429. The molecule has 1 unspecified atom stereocenters. The highest BCUT2D eigenvalue weighted by molar-refractivity contribution is 5.79. The molecular weight excluding hydrogens is 228 g/mol. The normalized spacial score (nSPS) is 21.3. The SMILES string of the molecule is COc1ccc2cc(C3CN(C)CCN3)oc2c1. The molecule has 1 fully saturated rings. The molecule has 1 saturated heterocycles. The van der Waals surface area contributed by atoms with Crippen LogP contribution in [0.5, 0.6) is 5.75 Å². The third-order valence-corrected chi connectivity index (χ3v) is 3.47. The van der Waals surface area contributed by atoms with Crippen LogP contribution >= 0.6 is 0 Å². The number of methoxy groups -OCH3 is 1. The lowest BCUT2D eigenvalue weighted by Gasteiger charge is -2.29. The lowest BCUT2D eigenvalue weighted by atomic mass is 10.1. The van der Waals surface area contributed by atoms with Crippen molar-refractivity contribution in [3.63, 3.8) is 0 Å². The van der Waals surface area contributed by atoms with Crippen molar-refractivity contribution in [2.45, 2.75) is 6.04 Å². The predicted molar refractivity (Wildman–Crippen MR) is 71.0 cm³/mol. The molecule has 1 atom stereocenters. The molecule has 1 aliphatic heterocycles. The standard InChI is InChI=1S/C14H18N2O2/c1-16-6-5-15-12(9-16)14-7-10-3-4-11(17-2)8-13(10)18-14/h3-4,7-8,12,15H,5-6,9H2,1-2H3. The number of piperazine rings is 1. The molecule has 2 aromatic rings. The Morgan fingerprint density at radius 1 is 1.39 bits per heavy atom. The molecule has 0 spiro atoms. The fourth-order valence-electron chi connectivity index (χ4n) is 2.42. The first-order valence-electron chi connectivity index (χ1n) is 6.25. The van der Waals surface area contributed by atoms with Crippen molar-refractivity contribution in [2.24, 2.45) is 0 Å². The van der Waals surface area contributed by atoms with Crippen LogP contribution < -0.4 is 10.1 Å². The van der Waals surface area contributed by atoms with Gasteiger partial charge in [0.25, 0.3) is 0 Å². The first-order chi connectivity index (χ1) is 8.76. The van der Waals surface area contributed by atoms with E-state index in [-0.39, 0.29) is 6.04 Å². The van der Waals surface area contributed by atoms with E-state index in [0.717, 1.165) is 42.1 Å². The average Bonchev–Trinajstić information content (AvgIpc) is 2.81. The minimum atomic E-state index is 0.280. The van der Waals surface area contributed by atoms with E-state index >= 15 is 0 Å². The molecule has 96 valence electrons. The number of nitrogens with zero attached hydrogens (tertiary/aromatic N) is 1. The van der Waals surface area contributed by atoms with E-state index in [1.807, 2.05) is 18.2 Å². The molecular formula is C14H18N2O2. The molecule has 18 heavy (non-hydrogen) atoms. The van der Waals surface area contributed by atoms with Gasteiger partial charge in [0, 0.05) is 31.1 Å². The third-order valence-electron chi connectivity index (χ3n) is 3.47. The molecule has 0 aliphatic carbocycles. The van der Waals surface area contributed by atoms with Crippen molar-refractivity contribution in [3.8, 4) is 5.75 Å². The summed E-state index contributed by atoms with van der Waals surface area (Å²) in [7, 11) is 3.81. The first-order valence-corrected chi connectivity index (χ1v) is 6.25. The second kappa shape index (κ2) is 4.63. The maximum Gasteiger partial charge on any atom is 0.138 e. The quantitative estimate of drug-likeness (QED) is 0.879. The van der Waals surface area contributed by atoms with E-state index in [1.54, 1.807) is 7.11 Å². The zero-order chi connectivity index (χ0) is 12.5. The number of rotatable bonds is 2. The molecule has 0 saturated carbocycles. The van der Waals surface area contributed by atoms with Gasteiger partial charge in [-0.15, -0.1) is 0 Å². The van der Waals surface area contributed by atoms with Crippen molar-refractivity contribution < 1.29 is 9.15 Å². The summed E-state index contributed by atoms with van der Waals surface area (Å²) in [5, 5.41) is 4.61. The van der Waals surface area contributed by atoms with Crippen LogP contribution in [0.15, 0.2) is 28.7 Å². The van der Waals surface area contributed by atoms with Crippen molar-refractivity contribution in [1.29, 1.82) is 0 Å². The molecule has 3 rings (SSSR count). The molecule has 0 bridgehead atoms. The van der Waals surface area contributed by atoms with Crippen molar-refractivity contribution in [1.82, 2.24) is 10.2 Å². The van der Waals surface area contributed by atoms with Gasteiger partial charge in [-0.2, -0.15) is 0 Å². The number of fused-ring (bicyclic) bond motifs is 1. The van der Waals surface area contributed by atoms with E-state index in [1.165, 1.54) is 0 Å². The number of hydrogen-bond donors (Lipinski definition) is 1. The highest BCUT2D eigenvalue weighted by Gasteiger charge is 2.21. The molecule has 4 nitrogen and oxygen atoms in total. The zero-order valence-electron chi connectivity index (χ0n) is 10.8. The third kappa shape index (κ3) is 2.09. The lowest BCUT2D eigenvalue weighted by Crippen LogP contribution is -2.43. The van der Waals surface area contributed by atoms with Crippen molar-refractivity contribution in [3.05, 3.63) is 30.0 Å². The number of likely N-dealkylation sites (N-methyl/N-ethyl adjacent to an activating group) is 1. The van der Waals surface area contributed by atoms with Crippen LogP contribution in [-0.2, 0) is 0 Å². The minimum Gasteiger partial charge on any atom is -0.497 e. The van der Waals surface area contributed by atoms with Gasteiger partial charge in [0.1, 0.15) is 17.1 Å². The average molecular weight is 246 g/mol. The minimum absolute atomic E-state index is 0.280. The molecule has 2 heterocycles. The molecule has 1 N–H and O–H groups in total. The molecule has 1 aromatic heterocycles. The summed E-state index contributed by atoms with van der Waals surface area (Å²) in [6.07, 6.45) is 0. The summed E-state index contributed by atoms with van der Waals surface area (Å²) in [5.41, 5.74) is 0.888. The Morgan fingerprint density at radius 2 is 2.28 bits per heavy atom. The number of hydrogen-bond acceptors (Lipinski definition) is 4. The second-order valence-corrected chi connectivity index (χ2v) is 4.82. The van der Waals surface area contributed by atoms with Gasteiger partial charge in [-0.25, -0.2) is 0 Å². The van der Waals surface area contributed by atoms with Gasteiger partial charge in [-0.1, -0.05) is 0 Å². The zero-order valence-corrected chi connectivity index (χ0v) is 10.8. The van der Waals surface area contributed by atoms with Crippen LogP contribution in [0, 0.1) is 0 Å². The van der Waals surface area contributed by atoms with Crippen LogP contribution in [-0.4, -0.2) is 38.7 Å². The van der Waals surface area contributed by atoms with Gasteiger partial charge < -0.3 is 19.4 Å². The predicted octanol–water partition coefficient (Wildman–Crippen LogP) is 2.02. The van der Waals surface area contributed by atoms with Gasteiger partial charge in [0.2, 0.25) is 0 Å². The van der Waals surface area contributed by atoms with Crippen LogP contribution in [0.1, 0.15) is 11.8 Å². The summed E-state index contributed by atoms with van der Waals surface area (Å²) in [6.45, 7) is 3.07. The summed E-state index contributed by atoms with van der Waals surface area (Å²) in [5.74, 6) is 1.84. The Balaban J connectivity index is 1.92. The number of ether oxygens (including phenoxy) is 1. The van der Waals surface area contributed by atoms with Crippen LogP contribution in [0.2, 0.25) is 0 Å². The van der Waals surface area contributed by atoms with Gasteiger partial charge >= 0.3 is 0 Å². The summed E-state index contributed by atoms with van der Waals surface area (Å²) in [4.78, 5) is 2.31. The van der Waals surface area contributed by atoms with Crippen LogP contribution in [0.25, 0.3) is 11.0 Å². The number of furan rings is 1. The summed E-state index contributed by atoms with van der Waals surface area (Å²) in [6, 6.07) is 8.33. The van der Waals surface area contributed by atoms with Gasteiger partial charge in [0.05, 0.1) is 13.2 Å². The number of benzene rings is 1. The Hall–Kier alpha value is -1.52. The van der Waals surface area contributed by atoms with E-state index < -0.39 is 0 Å². The molecule has 1 aliphatic rings. The fourth-order valence-corrected chi connectivity index (χ4v) is 2.42. The molecule has 0 radical (unpaired) electrons. The Kier molecular flexibility index (Phi) is 2.97. The second-order valence-electron chi connectivity index (χ2n) is 4.82. The Bertz CT molecular complexity index is 550. The van der Waals surface area contributed by atoms with Crippen molar-refractivity contribution in [2.75, 3.05) is 33.8 Å².